The molecular formula is C20H18N4O3. The van der Waals surface area contributed by atoms with Crippen LogP contribution in [0.1, 0.15) is 12.3 Å². The van der Waals surface area contributed by atoms with Gasteiger partial charge in [0.15, 0.2) is 0 Å². The van der Waals surface area contributed by atoms with Crippen molar-refractivity contribution in [1.29, 1.82) is 5.26 Å². The summed E-state index contributed by atoms with van der Waals surface area (Å²) in [7, 11) is 1.60. The van der Waals surface area contributed by atoms with Crippen molar-refractivity contribution < 1.29 is 14.1 Å². The highest BCUT2D eigenvalue weighted by molar-refractivity contribution is 5.94. The molecule has 0 saturated heterocycles. The molecule has 0 unspecified atom stereocenters. The number of carbonyl (C=O) groups is 1. The highest BCUT2D eigenvalue weighted by Gasteiger charge is 2.19. The van der Waals surface area contributed by atoms with Crippen LogP contribution in [0, 0.1) is 11.3 Å². The van der Waals surface area contributed by atoms with Crippen molar-refractivity contribution in [1.82, 2.24) is 10.1 Å². The number of methoxy groups -OCH3 is 1. The summed E-state index contributed by atoms with van der Waals surface area (Å²) < 4.78 is 10.4. The third kappa shape index (κ3) is 4.50. The van der Waals surface area contributed by atoms with Crippen LogP contribution in [0.3, 0.4) is 0 Å². The van der Waals surface area contributed by atoms with Crippen molar-refractivity contribution in [3.63, 3.8) is 0 Å². The van der Waals surface area contributed by atoms with Gasteiger partial charge in [0.2, 0.25) is 17.6 Å². The third-order valence-corrected chi connectivity index (χ3v) is 3.93. The molecule has 0 fully saturated rings. The molecule has 0 bridgehead atoms. The van der Waals surface area contributed by atoms with Crippen molar-refractivity contribution in [3.8, 4) is 23.2 Å². The second-order valence-corrected chi connectivity index (χ2v) is 5.71. The van der Waals surface area contributed by atoms with Crippen molar-refractivity contribution in [2.24, 2.45) is 0 Å². The lowest BCUT2D eigenvalue weighted by molar-refractivity contribution is -0.118. The van der Waals surface area contributed by atoms with Gasteiger partial charge in [0.1, 0.15) is 12.2 Å². The normalized spacial score (nSPS) is 10.2. The maximum absolute atomic E-state index is 12.7. The largest absolute Gasteiger partial charge is 0.497 e. The molecule has 0 N–H and O–H groups in total. The SMILES string of the molecule is COc1ccc(-c2noc(CC(=O)N(CCC#N)c3ccccc3)n2)cc1. The summed E-state index contributed by atoms with van der Waals surface area (Å²) in [5, 5.41) is 12.8. The zero-order valence-corrected chi connectivity index (χ0v) is 14.8. The standard InChI is InChI=1S/C20H18N4O3/c1-26-17-10-8-15(9-11-17)20-22-18(27-23-20)14-19(25)24(13-5-12-21)16-6-3-2-4-7-16/h2-4,6-11H,5,13-14H2,1H3. The number of para-hydroxylation sites is 1. The van der Waals surface area contributed by atoms with E-state index < -0.39 is 0 Å². The molecule has 2 aromatic carbocycles. The van der Waals surface area contributed by atoms with Gasteiger partial charge in [0, 0.05) is 17.8 Å². The summed E-state index contributed by atoms with van der Waals surface area (Å²) in [6.45, 7) is 0.304. The fourth-order valence-corrected chi connectivity index (χ4v) is 2.58. The maximum atomic E-state index is 12.7. The summed E-state index contributed by atoms with van der Waals surface area (Å²) >= 11 is 0. The van der Waals surface area contributed by atoms with Crippen molar-refractivity contribution in [2.45, 2.75) is 12.8 Å². The van der Waals surface area contributed by atoms with Crippen molar-refractivity contribution in [2.75, 3.05) is 18.6 Å². The third-order valence-electron chi connectivity index (χ3n) is 3.93. The van der Waals surface area contributed by atoms with E-state index in [0.717, 1.165) is 17.0 Å². The Hall–Kier alpha value is -3.66. The molecule has 0 aliphatic carbocycles. The van der Waals surface area contributed by atoms with E-state index in [0.29, 0.717) is 12.4 Å². The van der Waals surface area contributed by atoms with Crippen LogP contribution in [0.2, 0.25) is 0 Å². The summed E-state index contributed by atoms with van der Waals surface area (Å²) in [6.07, 6.45) is 0.199. The number of amides is 1. The second kappa shape index (κ2) is 8.63. The number of anilines is 1. The first-order chi connectivity index (χ1) is 13.2. The number of nitrogens with zero attached hydrogens (tertiary/aromatic N) is 4. The van der Waals surface area contributed by atoms with E-state index in [2.05, 4.69) is 16.2 Å². The fourth-order valence-electron chi connectivity index (χ4n) is 2.58. The molecule has 0 saturated carbocycles. The topological polar surface area (TPSA) is 92.3 Å². The lowest BCUT2D eigenvalue weighted by Crippen LogP contribution is -2.33. The summed E-state index contributed by atoms with van der Waals surface area (Å²) in [6, 6.07) is 18.5. The first-order valence-corrected chi connectivity index (χ1v) is 8.40. The minimum atomic E-state index is -0.207. The summed E-state index contributed by atoms with van der Waals surface area (Å²) in [5.74, 6) is 1.16. The maximum Gasteiger partial charge on any atom is 0.236 e. The average Bonchev–Trinajstić information content (AvgIpc) is 3.17. The summed E-state index contributed by atoms with van der Waals surface area (Å²) in [4.78, 5) is 18.6. The van der Waals surface area contributed by atoms with Crippen LogP contribution in [-0.2, 0) is 11.2 Å². The number of carbonyl (C=O) groups excluding carboxylic acids is 1. The molecule has 1 aromatic heterocycles. The van der Waals surface area contributed by atoms with Gasteiger partial charge < -0.3 is 14.2 Å². The van der Waals surface area contributed by atoms with Crippen LogP contribution in [0.25, 0.3) is 11.4 Å². The van der Waals surface area contributed by atoms with Gasteiger partial charge in [-0.3, -0.25) is 4.79 Å². The molecule has 27 heavy (non-hydrogen) atoms. The number of hydrogen-bond acceptors (Lipinski definition) is 6. The zero-order valence-electron chi connectivity index (χ0n) is 14.8. The molecule has 0 aliphatic rings. The van der Waals surface area contributed by atoms with Crippen LogP contribution >= 0.6 is 0 Å². The Bertz CT molecular complexity index is 930. The lowest BCUT2D eigenvalue weighted by atomic mass is 10.2. The Kier molecular flexibility index (Phi) is 5.80. The van der Waals surface area contributed by atoms with E-state index >= 15 is 0 Å². The zero-order chi connectivity index (χ0) is 19.1. The second-order valence-electron chi connectivity index (χ2n) is 5.71. The van der Waals surface area contributed by atoms with Gasteiger partial charge >= 0.3 is 0 Å². The van der Waals surface area contributed by atoms with Gasteiger partial charge in [0.05, 0.1) is 19.6 Å². The Morgan fingerprint density at radius 1 is 1.19 bits per heavy atom. The van der Waals surface area contributed by atoms with Crippen LogP contribution in [0.4, 0.5) is 5.69 Å². The van der Waals surface area contributed by atoms with Crippen LogP contribution in [0.5, 0.6) is 5.75 Å². The average molecular weight is 362 g/mol. The van der Waals surface area contributed by atoms with E-state index in [1.54, 1.807) is 24.1 Å². The van der Waals surface area contributed by atoms with Gasteiger partial charge in [0.25, 0.3) is 0 Å². The molecule has 0 spiro atoms. The van der Waals surface area contributed by atoms with E-state index in [4.69, 9.17) is 14.5 Å². The first kappa shape index (κ1) is 18.1. The monoisotopic (exact) mass is 362 g/mol. The highest BCUT2D eigenvalue weighted by atomic mass is 16.5. The van der Waals surface area contributed by atoms with E-state index in [9.17, 15) is 4.79 Å². The van der Waals surface area contributed by atoms with Gasteiger partial charge in [-0.15, -0.1) is 0 Å². The Balaban J connectivity index is 1.74. The van der Waals surface area contributed by atoms with Crippen molar-refractivity contribution >= 4 is 11.6 Å². The smallest absolute Gasteiger partial charge is 0.236 e. The minimum Gasteiger partial charge on any atom is -0.497 e. The minimum absolute atomic E-state index is 0.0382. The quantitative estimate of drug-likeness (QED) is 0.641. The van der Waals surface area contributed by atoms with Gasteiger partial charge in [-0.2, -0.15) is 10.2 Å². The Labute approximate surface area is 156 Å². The number of rotatable bonds is 7. The predicted molar refractivity (Wildman–Crippen MR) is 99.0 cm³/mol. The number of nitriles is 1. The molecule has 0 aliphatic heterocycles. The first-order valence-electron chi connectivity index (χ1n) is 8.40. The van der Waals surface area contributed by atoms with Gasteiger partial charge in [-0.1, -0.05) is 23.4 Å². The van der Waals surface area contributed by atoms with E-state index in [-0.39, 0.29) is 24.6 Å². The highest BCUT2D eigenvalue weighted by Crippen LogP contribution is 2.20. The van der Waals surface area contributed by atoms with Crippen LogP contribution in [-0.4, -0.2) is 29.7 Å². The van der Waals surface area contributed by atoms with E-state index in [1.165, 1.54) is 0 Å². The summed E-state index contributed by atoms with van der Waals surface area (Å²) in [5.41, 5.74) is 1.50. The Morgan fingerprint density at radius 3 is 2.59 bits per heavy atom. The lowest BCUT2D eigenvalue weighted by Gasteiger charge is -2.20. The predicted octanol–water partition coefficient (Wildman–Crippen LogP) is 3.23. The molecule has 136 valence electrons. The molecule has 3 rings (SSSR count). The molecule has 0 atom stereocenters. The van der Waals surface area contributed by atoms with Crippen molar-refractivity contribution in [3.05, 3.63) is 60.5 Å². The molecule has 7 nitrogen and oxygen atoms in total. The van der Waals surface area contributed by atoms with Gasteiger partial charge in [-0.05, 0) is 36.4 Å². The fraction of sp³-hybridized carbons (Fsp3) is 0.200. The molecule has 0 radical (unpaired) electrons. The molecule has 1 amide bonds. The molecule has 1 heterocycles. The molecule has 3 aromatic rings. The Morgan fingerprint density at radius 2 is 1.93 bits per heavy atom. The number of benzene rings is 2. The van der Waals surface area contributed by atoms with Crippen LogP contribution in [0.15, 0.2) is 59.1 Å². The number of ether oxygens (including phenoxy) is 1. The number of hydrogen-bond donors (Lipinski definition) is 0. The number of aromatic nitrogens is 2. The van der Waals surface area contributed by atoms with Crippen LogP contribution < -0.4 is 9.64 Å². The molecular weight excluding hydrogens is 344 g/mol. The molecule has 7 heteroatoms. The van der Waals surface area contributed by atoms with Gasteiger partial charge in [-0.25, -0.2) is 0 Å². The van der Waals surface area contributed by atoms with E-state index in [1.807, 2.05) is 42.5 Å².